The summed E-state index contributed by atoms with van der Waals surface area (Å²) in [6.07, 6.45) is 0.626. The van der Waals surface area contributed by atoms with E-state index in [1.807, 2.05) is 12.1 Å². The second-order valence-electron chi connectivity index (χ2n) is 3.79. The molecule has 82 valence electrons. The highest BCUT2D eigenvalue weighted by Gasteiger charge is 1.99. The standard InChI is InChI=1S/C12H17NOS/c1-9(2)10-3-5-11(6-4-10)14-8-7-12(13)15/h3-6,9H,7-8H2,1-2H3,(H2,13,15). The molecule has 0 saturated heterocycles. The van der Waals surface area contributed by atoms with Gasteiger partial charge in [-0.05, 0) is 23.6 Å². The molecule has 0 amide bonds. The SMILES string of the molecule is CC(C)c1ccc(OCCC(N)=S)cc1. The van der Waals surface area contributed by atoms with E-state index in [1.54, 1.807) is 0 Å². The summed E-state index contributed by atoms with van der Waals surface area (Å²) in [7, 11) is 0. The first kappa shape index (κ1) is 12.0. The highest BCUT2D eigenvalue weighted by molar-refractivity contribution is 7.80. The van der Waals surface area contributed by atoms with Gasteiger partial charge >= 0.3 is 0 Å². The minimum Gasteiger partial charge on any atom is -0.493 e. The number of hydrogen-bond donors (Lipinski definition) is 1. The van der Waals surface area contributed by atoms with Crippen molar-refractivity contribution in [2.24, 2.45) is 5.73 Å². The number of nitrogens with two attached hydrogens (primary N) is 1. The lowest BCUT2D eigenvalue weighted by Crippen LogP contribution is -2.12. The lowest BCUT2D eigenvalue weighted by molar-refractivity contribution is 0.329. The van der Waals surface area contributed by atoms with Crippen LogP contribution in [0, 0.1) is 0 Å². The van der Waals surface area contributed by atoms with E-state index in [1.165, 1.54) is 5.56 Å². The Morgan fingerprint density at radius 3 is 2.40 bits per heavy atom. The molecule has 0 bridgehead atoms. The van der Waals surface area contributed by atoms with E-state index in [0.717, 1.165) is 5.75 Å². The van der Waals surface area contributed by atoms with Crippen LogP contribution in [0.5, 0.6) is 5.75 Å². The monoisotopic (exact) mass is 223 g/mol. The van der Waals surface area contributed by atoms with E-state index in [-0.39, 0.29) is 0 Å². The summed E-state index contributed by atoms with van der Waals surface area (Å²) in [5, 5.41) is 0. The van der Waals surface area contributed by atoms with Crippen molar-refractivity contribution in [3.63, 3.8) is 0 Å². The number of benzene rings is 1. The Hall–Kier alpha value is -1.09. The highest BCUT2D eigenvalue weighted by Crippen LogP contribution is 2.18. The molecule has 0 aliphatic heterocycles. The molecule has 0 atom stereocenters. The Bertz CT molecular complexity index is 319. The van der Waals surface area contributed by atoms with Crippen molar-refractivity contribution in [2.75, 3.05) is 6.61 Å². The number of thiocarbonyl (C=S) groups is 1. The molecular formula is C12H17NOS. The van der Waals surface area contributed by atoms with E-state index >= 15 is 0 Å². The van der Waals surface area contributed by atoms with Crippen molar-refractivity contribution in [3.8, 4) is 5.75 Å². The third kappa shape index (κ3) is 4.30. The van der Waals surface area contributed by atoms with Gasteiger partial charge in [0, 0.05) is 6.42 Å². The van der Waals surface area contributed by atoms with Gasteiger partial charge in [0.1, 0.15) is 5.75 Å². The van der Waals surface area contributed by atoms with Crippen molar-refractivity contribution >= 4 is 17.2 Å². The summed E-state index contributed by atoms with van der Waals surface area (Å²) < 4.78 is 5.48. The molecule has 0 heterocycles. The van der Waals surface area contributed by atoms with E-state index < -0.39 is 0 Å². The summed E-state index contributed by atoms with van der Waals surface area (Å²) in [4.78, 5) is 0.494. The molecule has 1 aromatic carbocycles. The zero-order valence-electron chi connectivity index (χ0n) is 9.19. The second kappa shape index (κ2) is 5.71. The topological polar surface area (TPSA) is 35.2 Å². The van der Waals surface area contributed by atoms with E-state index in [9.17, 15) is 0 Å². The molecule has 0 spiro atoms. The molecule has 0 aliphatic carbocycles. The molecule has 0 fully saturated rings. The van der Waals surface area contributed by atoms with Crippen LogP contribution < -0.4 is 10.5 Å². The first-order valence-corrected chi connectivity index (χ1v) is 5.51. The van der Waals surface area contributed by atoms with Crippen LogP contribution in [0.1, 0.15) is 31.7 Å². The third-order valence-electron chi connectivity index (χ3n) is 2.16. The van der Waals surface area contributed by atoms with Crippen molar-refractivity contribution in [3.05, 3.63) is 29.8 Å². The molecular weight excluding hydrogens is 206 g/mol. The van der Waals surface area contributed by atoms with Gasteiger partial charge in [0.2, 0.25) is 0 Å². The molecule has 2 N–H and O–H groups in total. The maximum absolute atomic E-state index is 5.48. The Kier molecular flexibility index (Phi) is 4.56. The molecule has 1 rings (SSSR count). The van der Waals surface area contributed by atoms with Gasteiger partial charge in [0.25, 0.3) is 0 Å². The summed E-state index contributed by atoms with van der Waals surface area (Å²) in [5.41, 5.74) is 6.69. The summed E-state index contributed by atoms with van der Waals surface area (Å²) in [6.45, 7) is 4.89. The maximum Gasteiger partial charge on any atom is 0.119 e. The zero-order chi connectivity index (χ0) is 11.3. The van der Waals surface area contributed by atoms with Crippen molar-refractivity contribution in [1.29, 1.82) is 0 Å². The van der Waals surface area contributed by atoms with Crippen LogP contribution in [0.3, 0.4) is 0 Å². The first-order valence-electron chi connectivity index (χ1n) is 5.10. The fourth-order valence-electron chi connectivity index (χ4n) is 1.22. The summed E-state index contributed by atoms with van der Waals surface area (Å²) in [5.74, 6) is 1.42. The van der Waals surface area contributed by atoms with Gasteiger partial charge in [-0.15, -0.1) is 0 Å². The molecule has 0 aliphatic rings. The Labute approximate surface area is 96.4 Å². The number of ether oxygens (including phenoxy) is 1. The van der Waals surface area contributed by atoms with Crippen LogP contribution in [-0.4, -0.2) is 11.6 Å². The molecule has 0 radical (unpaired) electrons. The normalized spacial score (nSPS) is 10.3. The molecule has 0 unspecified atom stereocenters. The highest BCUT2D eigenvalue weighted by atomic mass is 32.1. The quantitative estimate of drug-likeness (QED) is 0.780. The van der Waals surface area contributed by atoms with Crippen LogP contribution in [-0.2, 0) is 0 Å². The lowest BCUT2D eigenvalue weighted by Gasteiger charge is -2.08. The smallest absolute Gasteiger partial charge is 0.119 e. The predicted octanol–water partition coefficient (Wildman–Crippen LogP) is 2.87. The van der Waals surface area contributed by atoms with Gasteiger partial charge in [-0.1, -0.05) is 38.2 Å². The Morgan fingerprint density at radius 2 is 1.93 bits per heavy atom. The molecule has 1 aromatic rings. The summed E-state index contributed by atoms with van der Waals surface area (Å²) >= 11 is 4.76. The van der Waals surface area contributed by atoms with Gasteiger partial charge in [-0.2, -0.15) is 0 Å². The minimum atomic E-state index is 0.494. The largest absolute Gasteiger partial charge is 0.493 e. The average Bonchev–Trinajstić information content (AvgIpc) is 2.18. The van der Waals surface area contributed by atoms with Crippen molar-refractivity contribution < 1.29 is 4.74 Å². The van der Waals surface area contributed by atoms with Crippen LogP contribution >= 0.6 is 12.2 Å². The van der Waals surface area contributed by atoms with Gasteiger partial charge in [-0.25, -0.2) is 0 Å². The van der Waals surface area contributed by atoms with E-state index in [0.29, 0.717) is 23.9 Å². The molecule has 15 heavy (non-hydrogen) atoms. The fourth-order valence-corrected chi connectivity index (χ4v) is 1.30. The van der Waals surface area contributed by atoms with Gasteiger partial charge in [0.05, 0.1) is 11.6 Å². The van der Waals surface area contributed by atoms with Gasteiger partial charge in [-0.3, -0.25) is 0 Å². The Morgan fingerprint density at radius 1 is 1.33 bits per heavy atom. The second-order valence-corrected chi connectivity index (χ2v) is 4.31. The third-order valence-corrected chi connectivity index (χ3v) is 2.37. The number of hydrogen-bond acceptors (Lipinski definition) is 2. The summed E-state index contributed by atoms with van der Waals surface area (Å²) in [6, 6.07) is 8.13. The van der Waals surface area contributed by atoms with Crippen LogP contribution in [0.2, 0.25) is 0 Å². The number of rotatable bonds is 5. The predicted molar refractivity (Wildman–Crippen MR) is 67.4 cm³/mol. The molecule has 0 saturated carbocycles. The van der Waals surface area contributed by atoms with Crippen LogP contribution in [0.25, 0.3) is 0 Å². The van der Waals surface area contributed by atoms with E-state index in [2.05, 4.69) is 26.0 Å². The maximum atomic E-state index is 5.48. The van der Waals surface area contributed by atoms with Gasteiger partial charge < -0.3 is 10.5 Å². The van der Waals surface area contributed by atoms with Crippen LogP contribution in [0.4, 0.5) is 0 Å². The zero-order valence-corrected chi connectivity index (χ0v) is 10.0. The molecule has 2 nitrogen and oxygen atoms in total. The minimum absolute atomic E-state index is 0.494. The lowest BCUT2D eigenvalue weighted by atomic mass is 10.0. The molecule has 3 heteroatoms. The van der Waals surface area contributed by atoms with Crippen molar-refractivity contribution in [1.82, 2.24) is 0 Å². The fraction of sp³-hybridized carbons (Fsp3) is 0.417. The van der Waals surface area contributed by atoms with Gasteiger partial charge in [0.15, 0.2) is 0 Å². The van der Waals surface area contributed by atoms with E-state index in [4.69, 9.17) is 22.7 Å². The van der Waals surface area contributed by atoms with Crippen molar-refractivity contribution in [2.45, 2.75) is 26.2 Å². The first-order chi connectivity index (χ1) is 7.09. The molecule has 0 aromatic heterocycles. The Balaban J connectivity index is 2.46. The average molecular weight is 223 g/mol. The van der Waals surface area contributed by atoms with Crippen LogP contribution in [0.15, 0.2) is 24.3 Å².